The maximum absolute atomic E-state index is 14.2. The van der Waals surface area contributed by atoms with Gasteiger partial charge < -0.3 is 4.74 Å². The molecule has 0 amide bonds. The quantitative estimate of drug-likeness (QED) is 0.406. The van der Waals surface area contributed by atoms with Gasteiger partial charge in [0, 0.05) is 12.0 Å². The number of halogens is 4. The van der Waals surface area contributed by atoms with E-state index >= 15 is 0 Å². The summed E-state index contributed by atoms with van der Waals surface area (Å²) in [7, 11) is 0. The summed E-state index contributed by atoms with van der Waals surface area (Å²) >= 11 is 0. The van der Waals surface area contributed by atoms with Gasteiger partial charge in [0.2, 0.25) is 0 Å². The zero-order chi connectivity index (χ0) is 19.3. The van der Waals surface area contributed by atoms with Gasteiger partial charge in [-0.2, -0.15) is 13.2 Å². The number of ether oxygens (including phenoxy) is 1. The summed E-state index contributed by atoms with van der Waals surface area (Å²) in [5, 5.41) is 0. The number of benzene rings is 1. The molecule has 1 aromatic carbocycles. The fourth-order valence-corrected chi connectivity index (χ4v) is 3.64. The standard InChI is InChI=1S/C20H26F4O2/c1-3-26-17-12-11-15(18(19(17)21)20(22,23)24)16(25)6-4-5-14-9-7-13(2)8-10-14/h11-14H,3-10H2,1-2H3. The van der Waals surface area contributed by atoms with Crippen LogP contribution in [0.5, 0.6) is 5.75 Å². The van der Waals surface area contributed by atoms with Crippen molar-refractivity contribution >= 4 is 5.78 Å². The van der Waals surface area contributed by atoms with Gasteiger partial charge >= 0.3 is 6.18 Å². The second-order valence-corrected chi connectivity index (χ2v) is 7.17. The molecular weight excluding hydrogens is 348 g/mol. The Morgan fingerprint density at radius 1 is 1.19 bits per heavy atom. The second kappa shape index (κ2) is 8.87. The lowest BCUT2D eigenvalue weighted by Crippen LogP contribution is -2.17. The van der Waals surface area contributed by atoms with Crippen LogP contribution in [0.4, 0.5) is 17.6 Å². The summed E-state index contributed by atoms with van der Waals surface area (Å²) in [5.74, 6) is -1.38. The van der Waals surface area contributed by atoms with Crippen LogP contribution in [0, 0.1) is 17.7 Å². The van der Waals surface area contributed by atoms with E-state index in [0.29, 0.717) is 12.3 Å². The third-order valence-electron chi connectivity index (χ3n) is 5.14. The average molecular weight is 374 g/mol. The molecule has 2 rings (SSSR count). The van der Waals surface area contributed by atoms with Gasteiger partial charge in [-0.3, -0.25) is 4.79 Å². The molecule has 1 fully saturated rings. The Hall–Kier alpha value is -1.59. The van der Waals surface area contributed by atoms with Gasteiger partial charge in [0.15, 0.2) is 17.3 Å². The highest BCUT2D eigenvalue weighted by Gasteiger charge is 2.40. The third kappa shape index (κ3) is 5.21. The minimum absolute atomic E-state index is 0.00253. The van der Waals surface area contributed by atoms with Gasteiger partial charge in [-0.05, 0) is 37.3 Å². The summed E-state index contributed by atoms with van der Waals surface area (Å²) in [4.78, 5) is 12.3. The van der Waals surface area contributed by atoms with Crippen LogP contribution in [-0.4, -0.2) is 12.4 Å². The SMILES string of the molecule is CCOc1ccc(C(=O)CCCC2CCC(C)CC2)c(C(F)(F)F)c1F. The highest BCUT2D eigenvalue weighted by molar-refractivity contribution is 5.97. The van der Waals surface area contributed by atoms with Crippen LogP contribution in [0.1, 0.15) is 74.7 Å². The van der Waals surface area contributed by atoms with Crippen LogP contribution in [0.2, 0.25) is 0 Å². The number of carbonyl (C=O) groups excluding carboxylic acids is 1. The fraction of sp³-hybridized carbons (Fsp3) is 0.650. The van der Waals surface area contributed by atoms with Crippen LogP contribution < -0.4 is 4.74 Å². The molecule has 0 unspecified atom stereocenters. The van der Waals surface area contributed by atoms with Crippen LogP contribution in [0.15, 0.2) is 12.1 Å². The van der Waals surface area contributed by atoms with E-state index in [0.717, 1.165) is 37.3 Å². The first-order valence-electron chi connectivity index (χ1n) is 9.29. The van der Waals surface area contributed by atoms with Gasteiger partial charge in [0.05, 0.1) is 6.61 Å². The molecule has 6 heteroatoms. The van der Waals surface area contributed by atoms with E-state index < -0.39 is 34.7 Å². The van der Waals surface area contributed by atoms with Crippen molar-refractivity contribution in [2.24, 2.45) is 11.8 Å². The molecule has 0 bridgehead atoms. The Bertz CT molecular complexity index is 617. The maximum Gasteiger partial charge on any atom is 0.420 e. The van der Waals surface area contributed by atoms with Crippen molar-refractivity contribution in [1.29, 1.82) is 0 Å². The molecule has 1 aliphatic rings. The van der Waals surface area contributed by atoms with E-state index in [1.165, 1.54) is 12.8 Å². The normalized spacial score (nSPS) is 20.8. The first-order valence-corrected chi connectivity index (χ1v) is 9.29. The fourth-order valence-electron chi connectivity index (χ4n) is 3.64. The van der Waals surface area contributed by atoms with Crippen molar-refractivity contribution < 1.29 is 27.1 Å². The highest BCUT2D eigenvalue weighted by atomic mass is 19.4. The molecule has 2 nitrogen and oxygen atoms in total. The number of alkyl halides is 3. The Kier molecular flexibility index (Phi) is 7.07. The molecule has 0 atom stereocenters. The van der Waals surface area contributed by atoms with E-state index in [4.69, 9.17) is 4.74 Å². The molecule has 0 N–H and O–H groups in total. The molecule has 1 aliphatic carbocycles. The summed E-state index contributed by atoms with van der Waals surface area (Å²) in [6, 6.07) is 2.13. The lowest BCUT2D eigenvalue weighted by molar-refractivity contribution is -0.140. The van der Waals surface area contributed by atoms with Gasteiger partial charge in [-0.15, -0.1) is 0 Å². The number of Topliss-reactive ketones (excluding diaryl/α,β-unsaturated/α-hetero) is 1. The van der Waals surface area contributed by atoms with E-state index in [2.05, 4.69) is 6.92 Å². The van der Waals surface area contributed by atoms with Crippen molar-refractivity contribution in [3.63, 3.8) is 0 Å². The summed E-state index contributed by atoms with van der Waals surface area (Å²) in [6.07, 6.45) is 0.983. The molecule has 26 heavy (non-hydrogen) atoms. The zero-order valence-electron chi connectivity index (χ0n) is 15.3. The van der Waals surface area contributed by atoms with Crippen LogP contribution >= 0.6 is 0 Å². The third-order valence-corrected chi connectivity index (χ3v) is 5.14. The number of hydrogen-bond donors (Lipinski definition) is 0. The molecule has 0 aromatic heterocycles. The minimum Gasteiger partial charge on any atom is -0.491 e. The molecule has 0 radical (unpaired) electrons. The van der Waals surface area contributed by atoms with E-state index in [1.54, 1.807) is 6.92 Å². The second-order valence-electron chi connectivity index (χ2n) is 7.17. The number of hydrogen-bond acceptors (Lipinski definition) is 2. The van der Waals surface area contributed by atoms with Gasteiger partial charge in [0.1, 0.15) is 5.56 Å². The number of rotatable bonds is 7. The smallest absolute Gasteiger partial charge is 0.420 e. The van der Waals surface area contributed by atoms with Crippen molar-refractivity contribution in [1.82, 2.24) is 0 Å². The number of ketones is 1. The maximum atomic E-state index is 14.2. The zero-order valence-corrected chi connectivity index (χ0v) is 15.3. The molecule has 1 saturated carbocycles. The predicted octanol–water partition coefficient (Wildman–Crippen LogP) is 6.42. The van der Waals surface area contributed by atoms with Crippen LogP contribution in [0.25, 0.3) is 0 Å². The highest BCUT2D eigenvalue weighted by Crippen LogP contribution is 2.38. The lowest BCUT2D eigenvalue weighted by atomic mass is 9.80. The predicted molar refractivity (Wildman–Crippen MR) is 91.9 cm³/mol. The van der Waals surface area contributed by atoms with Crippen LogP contribution in [-0.2, 0) is 6.18 Å². The van der Waals surface area contributed by atoms with Gasteiger partial charge in [-0.1, -0.05) is 39.0 Å². The van der Waals surface area contributed by atoms with Crippen LogP contribution in [0.3, 0.4) is 0 Å². The summed E-state index contributed by atoms with van der Waals surface area (Å²) in [5.41, 5.74) is -2.12. The van der Waals surface area contributed by atoms with E-state index in [-0.39, 0.29) is 13.0 Å². The molecule has 0 heterocycles. The van der Waals surface area contributed by atoms with Crippen molar-refractivity contribution in [2.75, 3.05) is 6.61 Å². The molecule has 0 spiro atoms. The first-order chi connectivity index (χ1) is 12.2. The van der Waals surface area contributed by atoms with Gasteiger partial charge in [0.25, 0.3) is 0 Å². The molecule has 0 aliphatic heterocycles. The lowest BCUT2D eigenvalue weighted by Gasteiger charge is -2.26. The van der Waals surface area contributed by atoms with Crippen molar-refractivity contribution in [3.8, 4) is 5.75 Å². The van der Waals surface area contributed by atoms with E-state index in [1.807, 2.05) is 0 Å². The summed E-state index contributed by atoms with van der Waals surface area (Å²) < 4.78 is 59.0. The first kappa shape index (κ1) is 20.7. The van der Waals surface area contributed by atoms with Crippen molar-refractivity contribution in [2.45, 2.75) is 65.0 Å². The Morgan fingerprint density at radius 3 is 2.42 bits per heavy atom. The molecular formula is C20H26F4O2. The molecule has 0 saturated heterocycles. The Morgan fingerprint density at radius 2 is 1.85 bits per heavy atom. The van der Waals surface area contributed by atoms with E-state index in [9.17, 15) is 22.4 Å². The van der Waals surface area contributed by atoms with Crippen molar-refractivity contribution in [3.05, 3.63) is 29.1 Å². The topological polar surface area (TPSA) is 26.3 Å². The number of carbonyl (C=O) groups is 1. The largest absolute Gasteiger partial charge is 0.491 e. The summed E-state index contributed by atoms with van der Waals surface area (Å²) in [6.45, 7) is 3.82. The monoisotopic (exact) mass is 374 g/mol. The Balaban J connectivity index is 2.06. The van der Waals surface area contributed by atoms with Gasteiger partial charge in [-0.25, -0.2) is 4.39 Å². The molecule has 1 aromatic rings. The average Bonchev–Trinajstić information content (AvgIpc) is 2.57. The molecule has 146 valence electrons. The minimum atomic E-state index is -4.94. The Labute approximate surface area is 151 Å².